The Bertz CT molecular complexity index is 2540. The van der Waals surface area contributed by atoms with Crippen molar-refractivity contribution in [3.8, 4) is 23.0 Å². The van der Waals surface area contributed by atoms with Crippen LogP contribution in [0, 0.1) is 11.6 Å². The van der Waals surface area contributed by atoms with Crippen molar-refractivity contribution in [1.29, 1.82) is 0 Å². The summed E-state index contributed by atoms with van der Waals surface area (Å²) < 4.78 is 93.0. The number of halogens is 2. The summed E-state index contributed by atoms with van der Waals surface area (Å²) in [6, 6.07) is 15.7. The molecule has 0 saturated carbocycles. The number of nitrogens with zero attached hydrogens (tertiary/aromatic N) is 2. The molecule has 2 N–H and O–H groups in total. The molecule has 4 aliphatic rings. The van der Waals surface area contributed by atoms with E-state index in [1.165, 1.54) is 84.8 Å². The summed E-state index contributed by atoms with van der Waals surface area (Å²) in [6.45, 7) is 0.145. The average Bonchev–Trinajstić information content (AvgIpc) is 3.85. The standard InChI is InChI=1S/C41H38F2N4O12S2.2Na/c1-54-34-16-28-30(44-38(60-59-58-50)32-14-24(20-46(32)40(28)48)22-4-8-26(42)9-5-22)18-36(34)56-12-3-13-57-37-19-31-29(17-35(37)55-2)41(49)47-21-25(23-6-10-27(43)11-7-23)15-33(47)39(45-31)61(51,52)53;;/h4-11,16-21,32-33,38-39,44-45,50H,3,12-15H2,1-2H3,(H,51,52,53);;/q;2*+1/p-2/t32-,33-,38-,39-;;/m0../s1. The first-order valence-corrected chi connectivity index (χ1v) is 21.0. The Morgan fingerprint density at radius 3 is 1.63 bits per heavy atom. The van der Waals surface area contributed by atoms with E-state index in [2.05, 4.69) is 15.7 Å². The molecule has 0 unspecified atom stereocenters. The first-order valence-electron chi connectivity index (χ1n) is 18.7. The van der Waals surface area contributed by atoms with E-state index in [1.54, 1.807) is 24.4 Å². The fraction of sp³-hybridized carbons (Fsp3) is 0.268. The van der Waals surface area contributed by atoms with E-state index in [0.717, 1.165) is 11.1 Å². The number of ether oxygens (including phenoxy) is 4. The predicted octanol–water partition coefficient (Wildman–Crippen LogP) is -0.731. The predicted molar refractivity (Wildman–Crippen MR) is 214 cm³/mol. The van der Waals surface area contributed by atoms with E-state index in [4.69, 9.17) is 23.3 Å². The van der Waals surface area contributed by atoms with Crippen molar-refractivity contribution >= 4 is 56.5 Å². The van der Waals surface area contributed by atoms with E-state index in [0.29, 0.717) is 41.7 Å². The van der Waals surface area contributed by atoms with Crippen molar-refractivity contribution in [2.75, 3.05) is 38.1 Å². The van der Waals surface area contributed by atoms with Crippen molar-refractivity contribution in [2.24, 2.45) is 0 Å². The van der Waals surface area contributed by atoms with Crippen LogP contribution in [0.2, 0.25) is 0 Å². The Balaban J connectivity index is 0.00000330. The molecule has 16 nitrogen and oxygen atoms in total. The number of carbonyl (C=O) groups is 2. The van der Waals surface area contributed by atoms with Gasteiger partial charge in [0.15, 0.2) is 23.0 Å². The van der Waals surface area contributed by atoms with Gasteiger partial charge in [-0.2, -0.15) is 4.33 Å². The Hall–Kier alpha value is -3.90. The zero-order chi connectivity index (χ0) is 43.0. The van der Waals surface area contributed by atoms with E-state index in [9.17, 15) is 36.6 Å². The van der Waals surface area contributed by atoms with Crippen molar-refractivity contribution in [2.45, 2.75) is 42.1 Å². The first kappa shape index (κ1) is 48.6. The minimum absolute atomic E-state index is 0. The van der Waals surface area contributed by atoms with E-state index in [1.807, 2.05) is 0 Å². The quantitative estimate of drug-likeness (QED) is 0.0401. The minimum atomic E-state index is -5.01. The van der Waals surface area contributed by atoms with Gasteiger partial charge in [0.25, 0.3) is 11.8 Å². The molecular formula is C41H36F2N4Na2O12S2. The molecule has 4 aromatic carbocycles. The maximum absolute atomic E-state index is 14.0. The van der Waals surface area contributed by atoms with Crippen LogP contribution in [0.1, 0.15) is 51.1 Å². The number of fused-ring (bicyclic) bond motifs is 4. The third-order valence-corrected chi connectivity index (χ3v) is 12.5. The van der Waals surface area contributed by atoms with Gasteiger partial charge in [0.2, 0.25) is 0 Å². The van der Waals surface area contributed by atoms with Crippen LogP contribution >= 0.6 is 12.0 Å². The maximum atomic E-state index is 14.0. The summed E-state index contributed by atoms with van der Waals surface area (Å²) in [4.78, 5) is 30.6. The smallest absolute Gasteiger partial charge is 0.746 e. The third kappa shape index (κ3) is 10.2. The number of hydrogen-bond donors (Lipinski definition) is 2. The van der Waals surface area contributed by atoms with Gasteiger partial charge in [0.1, 0.15) is 32.5 Å². The van der Waals surface area contributed by atoms with Gasteiger partial charge < -0.3 is 49.2 Å². The van der Waals surface area contributed by atoms with Gasteiger partial charge in [-0.25, -0.2) is 17.2 Å². The number of methoxy groups -OCH3 is 2. The summed E-state index contributed by atoms with van der Waals surface area (Å²) in [5.41, 5.74) is 3.34. The SMILES string of the molecule is COc1cc2c(cc1OCCCOc1cc3c(cc1OC)C(=O)N1C=C(c4ccc(F)cc4)C[C@H]1[C@H](SOO[O-])N3)N[C@@H](S(=O)(=O)[O-])[C@@H]1CC(c3ccc(F)cc3)=CN1C2=O.[Na+].[Na+]. The van der Waals surface area contributed by atoms with Crippen LogP contribution in [0.15, 0.2) is 85.2 Å². The number of rotatable bonds is 14. The molecule has 8 rings (SSSR count). The maximum Gasteiger partial charge on any atom is 1.00 e. The van der Waals surface area contributed by atoms with Gasteiger partial charge >= 0.3 is 59.1 Å². The second kappa shape index (κ2) is 20.5. The fourth-order valence-corrected chi connectivity index (χ4v) is 9.32. The number of carbonyl (C=O) groups excluding carboxylic acids is 2. The number of anilines is 2. The summed E-state index contributed by atoms with van der Waals surface area (Å²) in [5, 5.41) is 18.1. The van der Waals surface area contributed by atoms with Gasteiger partial charge in [-0.15, -0.1) is 0 Å². The van der Waals surface area contributed by atoms with Gasteiger partial charge in [-0.1, -0.05) is 24.3 Å². The summed E-state index contributed by atoms with van der Waals surface area (Å²) >= 11 is 0.693. The van der Waals surface area contributed by atoms with E-state index in [-0.39, 0.29) is 124 Å². The molecule has 0 spiro atoms. The topological polar surface area (TPSA) is 200 Å². The van der Waals surface area contributed by atoms with Crippen molar-refractivity contribution in [3.63, 3.8) is 0 Å². The Morgan fingerprint density at radius 1 is 0.714 bits per heavy atom. The van der Waals surface area contributed by atoms with E-state index < -0.39 is 50.5 Å². The van der Waals surface area contributed by atoms with Crippen molar-refractivity contribution < 1.29 is 124 Å². The van der Waals surface area contributed by atoms with Gasteiger partial charge in [0.05, 0.1) is 74.1 Å². The molecule has 22 heteroatoms. The second-order valence-electron chi connectivity index (χ2n) is 14.3. The molecule has 0 bridgehead atoms. The molecule has 4 heterocycles. The van der Waals surface area contributed by atoms with E-state index >= 15 is 0 Å². The molecule has 4 aromatic rings. The van der Waals surface area contributed by atoms with Crippen LogP contribution in [0.3, 0.4) is 0 Å². The average molecular weight is 925 g/mol. The van der Waals surface area contributed by atoms with Crippen molar-refractivity contribution in [1.82, 2.24) is 9.80 Å². The van der Waals surface area contributed by atoms with Crippen LogP contribution in [0.5, 0.6) is 23.0 Å². The van der Waals surface area contributed by atoms with Crippen molar-refractivity contribution in [3.05, 3.63) is 119 Å². The Morgan fingerprint density at radius 2 is 1.17 bits per heavy atom. The molecule has 4 atom stereocenters. The molecule has 4 aliphatic heterocycles. The second-order valence-corrected chi connectivity index (χ2v) is 16.6. The molecule has 63 heavy (non-hydrogen) atoms. The molecule has 0 aromatic heterocycles. The van der Waals surface area contributed by atoms with Crippen LogP contribution in [-0.2, 0) is 19.5 Å². The zero-order valence-corrected chi connectivity index (χ0v) is 39.9. The zero-order valence-electron chi connectivity index (χ0n) is 34.3. The number of amides is 2. The summed E-state index contributed by atoms with van der Waals surface area (Å²) in [5.74, 6) is -0.950. The first-order chi connectivity index (χ1) is 29.4. The monoisotopic (exact) mass is 924 g/mol. The third-order valence-electron chi connectivity index (χ3n) is 10.7. The molecule has 0 radical (unpaired) electrons. The van der Waals surface area contributed by atoms with Crippen LogP contribution in [0.4, 0.5) is 20.2 Å². The largest absolute Gasteiger partial charge is 1.00 e. The summed E-state index contributed by atoms with van der Waals surface area (Å²) in [7, 11) is -2.22. The van der Waals surface area contributed by atoms with Gasteiger partial charge in [0, 0.05) is 31.0 Å². The van der Waals surface area contributed by atoms with Crippen LogP contribution < -0.4 is 94.0 Å². The molecule has 0 aliphatic carbocycles. The number of nitrogens with one attached hydrogen (secondary N) is 2. The fourth-order valence-electron chi connectivity index (χ4n) is 7.79. The molecule has 2 amide bonds. The Labute approximate surface area is 409 Å². The molecule has 320 valence electrons. The normalized spacial score (nSPS) is 19.8. The molecular weight excluding hydrogens is 889 g/mol. The molecule has 0 saturated heterocycles. The van der Waals surface area contributed by atoms with Gasteiger partial charge in [-0.05, 0) is 71.5 Å². The number of benzene rings is 4. The minimum Gasteiger partial charge on any atom is -0.746 e. The van der Waals surface area contributed by atoms with Crippen LogP contribution in [0.25, 0.3) is 11.1 Å². The number of hydrogen-bond acceptors (Lipinski definition) is 15. The van der Waals surface area contributed by atoms with Gasteiger partial charge in [-0.3, -0.25) is 14.6 Å². The van der Waals surface area contributed by atoms with Crippen LogP contribution in [-0.4, -0.2) is 84.8 Å². The Kier molecular flexibility index (Phi) is 15.8. The molecule has 0 fully saturated rings. The summed E-state index contributed by atoms with van der Waals surface area (Å²) in [6.07, 6.45) is 3.83.